The monoisotopic (exact) mass is 264 g/mol. The van der Waals surface area contributed by atoms with Gasteiger partial charge in [0.1, 0.15) is 0 Å². The second-order valence-corrected chi connectivity index (χ2v) is 7.09. The summed E-state index contributed by atoms with van der Waals surface area (Å²) in [6.45, 7) is 5.38. The number of nitrogens with one attached hydrogen (secondary N) is 1. The quantitative estimate of drug-likeness (QED) is 0.786. The van der Waals surface area contributed by atoms with Crippen molar-refractivity contribution in [1.82, 2.24) is 10.2 Å². The third-order valence-electron chi connectivity index (χ3n) is 5.20. The second-order valence-electron chi connectivity index (χ2n) is 7.09. The average Bonchev–Trinajstić information content (AvgIpc) is 2.72. The van der Waals surface area contributed by atoms with Crippen LogP contribution < -0.4 is 5.32 Å². The average molecular weight is 264 g/mol. The topological polar surface area (TPSA) is 49.4 Å². The number of hydrogen-bond donors (Lipinski definition) is 1. The number of carbonyl (C=O) groups is 2. The summed E-state index contributed by atoms with van der Waals surface area (Å²) in [7, 11) is 0. The molecule has 0 aromatic heterocycles. The molecule has 3 fully saturated rings. The molecule has 0 aromatic rings. The van der Waals surface area contributed by atoms with Crippen molar-refractivity contribution in [1.29, 1.82) is 0 Å². The van der Waals surface area contributed by atoms with Gasteiger partial charge >= 0.3 is 0 Å². The summed E-state index contributed by atoms with van der Waals surface area (Å²) in [5.74, 6) is 0.718. The molecule has 1 N–H and O–H groups in total. The third-order valence-corrected chi connectivity index (χ3v) is 5.20. The molecular formula is C15H24N2O2. The van der Waals surface area contributed by atoms with Crippen molar-refractivity contribution in [2.75, 3.05) is 6.54 Å². The summed E-state index contributed by atoms with van der Waals surface area (Å²) < 4.78 is 0. The Morgan fingerprint density at radius 3 is 2.47 bits per heavy atom. The van der Waals surface area contributed by atoms with Gasteiger partial charge in [-0.15, -0.1) is 0 Å². The lowest BCUT2D eigenvalue weighted by Crippen LogP contribution is -2.43. The van der Waals surface area contributed by atoms with E-state index in [0.29, 0.717) is 17.8 Å². The maximum atomic E-state index is 12.3. The minimum absolute atomic E-state index is 0.0235. The van der Waals surface area contributed by atoms with E-state index < -0.39 is 0 Å². The normalized spacial score (nSPS) is 34.3. The third kappa shape index (κ3) is 2.42. The Kier molecular flexibility index (Phi) is 3.16. The number of amides is 2. The highest BCUT2D eigenvalue weighted by Crippen LogP contribution is 2.51. The molecule has 19 heavy (non-hydrogen) atoms. The van der Waals surface area contributed by atoms with Crippen molar-refractivity contribution in [3.05, 3.63) is 0 Å². The molecule has 106 valence electrons. The fourth-order valence-electron chi connectivity index (χ4n) is 3.57. The first-order valence-corrected chi connectivity index (χ1v) is 7.58. The summed E-state index contributed by atoms with van der Waals surface area (Å²) in [5, 5.41) is 3.32. The number of rotatable bonds is 4. The molecular weight excluding hydrogens is 240 g/mol. The van der Waals surface area contributed by atoms with Crippen molar-refractivity contribution in [2.45, 2.75) is 64.5 Å². The Morgan fingerprint density at radius 1 is 1.26 bits per heavy atom. The zero-order chi connectivity index (χ0) is 13.6. The van der Waals surface area contributed by atoms with Crippen LogP contribution in [0.4, 0.5) is 0 Å². The predicted molar refractivity (Wildman–Crippen MR) is 72.4 cm³/mol. The number of imide groups is 1. The summed E-state index contributed by atoms with van der Waals surface area (Å²) >= 11 is 0. The van der Waals surface area contributed by atoms with Crippen LogP contribution in [-0.2, 0) is 9.59 Å². The van der Waals surface area contributed by atoms with Gasteiger partial charge in [-0.25, -0.2) is 0 Å². The van der Waals surface area contributed by atoms with Crippen LogP contribution in [-0.4, -0.2) is 35.3 Å². The Balaban J connectivity index is 1.56. The summed E-state index contributed by atoms with van der Waals surface area (Å²) in [6.07, 6.45) is 5.88. The maximum absolute atomic E-state index is 12.3. The SMILES string of the molecule is CC1(C)CC1CNC1CC(=O)N(C2CCCC2)C1=O. The molecule has 4 nitrogen and oxygen atoms in total. The fourth-order valence-corrected chi connectivity index (χ4v) is 3.57. The second kappa shape index (κ2) is 4.58. The smallest absolute Gasteiger partial charge is 0.247 e. The van der Waals surface area contributed by atoms with Crippen LogP contribution in [0.3, 0.4) is 0 Å². The van der Waals surface area contributed by atoms with Crippen molar-refractivity contribution in [2.24, 2.45) is 11.3 Å². The van der Waals surface area contributed by atoms with E-state index in [2.05, 4.69) is 19.2 Å². The van der Waals surface area contributed by atoms with Crippen molar-refractivity contribution in [3.63, 3.8) is 0 Å². The molecule has 2 amide bonds. The summed E-state index contributed by atoms with van der Waals surface area (Å²) in [4.78, 5) is 25.9. The van der Waals surface area contributed by atoms with Gasteiger partial charge in [0.15, 0.2) is 0 Å². The lowest BCUT2D eigenvalue weighted by atomic mass is 10.1. The van der Waals surface area contributed by atoms with Crippen molar-refractivity contribution < 1.29 is 9.59 Å². The van der Waals surface area contributed by atoms with Crippen LogP contribution in [0, 0.1) is 11.3 Å². The molecule has 0 spiro atoms. The van der Waals surface area contributed by atoms with Crippen LogP contribution in [0.2, 0.25) is 0 Å². The molecule has 0 bridgehead atoms. The zero-order valence-electron chi connectivity index (χ0n) is 11.9. The molecule has 2 saturated carbocycles. The molecule has 1 aliphatic heterocycles. The minimum Gasteiger partial charge on any atom is -0.305 e. The van der Waals surface area contributed by atoms with Crippen molar-refractivity contribution in [3.8, 4) is 0 Å². The molecule has 0 radical (unpaired) electrons. The Morgan fingerprint density at radius 2 is 1.89 bits per heavy atom. The first-order valence-electron chi connectivity index (χ1n) is 7.58. The van der Waals surface area contributed by atoms with Crippen LogP contribution in [0.1, 0.15) is 52.4 Å². The first-order chi connectivity index (χ1) is 8.99. The van der Waals surface area contributed by atoms with E-state index in [9.17, 15) is 9.59 Å². The first kappa shape index (κ1) is 13.1. The maximum Gasteiger partial charge on any atom is 0.247 e. The van der Waals surface area contributed by atoms with Gasteiger partial charge in [0.05, 0.1) is 12.5 Å². The molecule has 1 heterocycles. The van der Waals surface area contributed by atoms with Gasteiger partial charge in [0.25, 0.3) is 0 Å². The fraction of sp³-hybridized carbons (Fsp3) is 0.867. The van der Waals surface area contributed by atoms with Crippen molar-refractivity contribution >= 4 is 11.8 Å². The molecule has 2 unspecified atom stereocenters. The molecule has 3 aliphatic rings. The van der Waals surface area contributed by atoms with E-state index in [0.717, 1.165) is 32.2 Å². The van der Waals surface area contributed by atoms with E-state index in [1.807, 2.05) is 0 Å². The number of hydrogen-bond acceptors (Lipinski definition) is 3. The van der Waals surface area contributed by atoms with E-state index >= 15 is 0 Å². The summed E-state index contributed by atoms with van der Waals surface area (Å²) in [5.41, 5.74) is 0.420. The highest BCUT2D eigenvalue weighted by atomic mass is 16.2. The van der Waals surface area contributed by atoms with Crippen LogP contribution in [0.5, 0.6) is 0 Å². The molecule has 3 rings (SSSR count). The van der Waals surface area contributed by atoms with Gasteiger partial charge < -0.3 is 5.32 Å². The van der Waals surface area contributed by atoms with Crippen LogP contribution >= 0.6 is 0 Å². The lowest BCUT2D eigenvalue weighted by Gasteiger charge is -2.22. The van der Waals surface area contributed by atoms with Crippen LogP contribution in [0.15, 0.2) is 0 Å². The molecule has 4 heteroatoms. The largest absolute Gasteiger partial charge is 0.305 e. The lowest BCUT2D eigenvalue weighted by molar-refractivity contribution is -0.141. The molecule has 1 saturated heterocycles. The van der Waals surface area contributed by atoms with Gasteiger partial charge in [-0.3, -0.25) is 14.5 Å². The highest BCUT2D eigenvalue weighted by Gasteiger charge is 2.47. The van der Waals surface area contributed by atoms with Gasteiger partial charge in [-0.05, 0) is 37.1 Å². The van der Waals surface area contributed by atoms with Crippen LogP contribution in [0.25, 0.3) is 0 Å². The number of nitrogens with zero attached hydrogens (tertiary/aromatic N) is 1. The highest BCUT2D eigenvalue weighted by molar-refractivity contribution is 6.05. The number of carbonyl (C=O) groups excluding carboxylic acids is 2. The zero-order valence-corrected chi connectivity index (χ0v) is 11.9. The molecule has 2 atom stereocenters. The van der Waals surface area contributed by atoms with Gasteiger partial charge in [-0.2, -0.15) is 0 Å². The Bertz CT molecular complexity index is 399. The van der Waals surface area contributed by atoms with Gasteiger partial charge in [-0.1, -0.05) is 26.7 Å². The van der Waals surface area contributed by atoms with Gasteiger partial charge in [0, 0.05) is 6.04 Å². The number of likely N-dealkylation sites (tertiary alicyclic amines) is 1. The molecule has 0 aromatic carbocycles. The van der Waals surface area contributed by atoms with E-state index in [1.165, 1.54) is 6.42 Å². The van der Waals surface area contributed by atoms with E-state index in [-0.39, 0.29) is 23.9 Å². The van der Waals surface area contributed by atoms with E-state index in [1.54, 1.807) is 4.90 Å². The molecule has 2 aliphatic carbocycles. The minimum atomic E-state index is -0.260. The van der Waals surface area contributed by atoms with E-state index in [4.69, 9.17) is 0 Å². The predicted octanol–water partition coefficient (Wildman–Crippen LogP) is 1.69. The summed E-state index contributed by atoms with van der Waals surface area (Å²) in [6, 6.07) is -0.0753. The van der Waals surface area contributed by atoms with Gasteiger partial charge in [0.2, 0.25) is 11.8 Å². The standard InChI is InChI=1S/C15H24N2O2/c1-15(2)8-10(15)9-16-12-7-13(18)17(14(12)19)11-5-3-4-6-11/h10-12,16H,3-9H2,1-2H3. The Hall–Kier alpha value is -0.900. The Labute approximate surface area is 114 Å².